The number of aromatic nitrogens is 7. The van der Waals surface area contributed by atoms with Crippen LogP contribution in [0.2, 0.25) is 0 Å². The Balaban J connectivity index is 1.23. The molecule has 6 rings (SSSR count). The highest BCUT2D eigenvalue weighted by atomic mass is 16.5. The van der Waals surface area contributed by atoms with Crippen molar-refractivity contribution < 1.29 is 14.3 Å². The number of nitrogens with zero attached hydrogens (tertiary/aromatic N) is 7. The van der Waals surface area contributed by atoms with E-state index in [1.807, 2.05) is 24.3 Å². The molecule has 1 saturated heterocycles. The Morgan fingerprint density at radius 2 is 2.09 bits per heavy atom. The Morgan fingerprint density at radius 3 is 2.83 bits per heavy atom. The lowest BCUT2D eigenvalue weighted by Crippen LogP contribution is -2.25. The van der Waals surface area contributed by atoms with Crippen LogP contribution in [-0.2, 0) is 11.2 Å². The topological polar surface area (TPSA) is 122 Å². The van der Waals surface area contributed by atoms with Crippen LogP contribution in [0.4, 0.5) is 5.82 Å². The van der Waals surface area contributed by atoms with Crippen molar-refractivity contribution in [3.8, 4) is 23.1 Å². The number of fused-ring (bicyclic) bond motifs is 1. The van der Waals surface area contributed by atoms with Crippen molar-refractivity contribution in [1.82, 2.24) is 34.5 Å². The van der Waals surface area contributed by atoms with Gasteiger partial charge in [-0.15, -0.1) is 15.3 Å². The van der Waals surface area contributed by atoms with E-state index < -0.39 is 0 Å². The summed E-state index contributed by atoms with van der Waals surface area (Å²) in [4.78, 5) is 22.2. The first-order valence-corrected chi connectivity index (χ1v) is 11.5. The second-order valence-corrected chi connectivity index (χ2v) is 8.73. The standard InChI is InChI=1S/C24H24N8O3/c1-14-6-9-21-28-29-22(32(14)21)19-4-3-5-20(26-19)27-23(33)17-11-31(30-24(17)34-2)16-7-8-18(25-10-16)15-12-35-13-15/h3-5,7-8,10-11,14-15H,6,9,12-13H2,1-2H3,(H,26,27,33)/t14-/m0/s1. The van der Waals surface area contributed by atoms with E-state index in [0.29, 0.717) is 42.5 Å². The molecule has 1 atom stereocenters. The molecule has 11 heteroatoms. The maximum absolute atomic E-state index is 13.1. The number of carbonyl (C=O) groups excluding carboxylic acids is 1. The van der Waals surface area contributed by atoms with Gasteiger partial charge in [-0.3, -0.25) is 9.78 Å². The smallest absolute Gasteiger partial charge is 0.263 e. The molecule has 0 aromatic carbocycles. The average Bonchev–Trinajstić information content (AvgIpc) is 3.55. The minimum Gasteiger partial charge on any atom is -0.479 e. The fourth-order valence-corrected chi connectivity index (χ4v) is 4.39. The van der Waals surface area contributed by atoms with Gasteiger partial charge in [0.15, 0.2) is 5.82 Å². The molecular formula is C24H24N8O3. The zero-order valence-corrected chi connectivity index (χ0v) is 19.4. The van der Waals surface area contributed by atoms with Crippen LogP contribution in [-0.4, -0.2) is 60.7 Å². The molecule has 11 nitrogen and oxygen atoms in total. The molecule has 0 bridgehead atoms. The van der Waals surface area contributed by atoms with E-state index in [1.165, 1.54) is 7.11 Å². The molecule has 0 radical (unpaired) electrons. The summed E-state index contributed by atoms with van der Waals surface area (Å²) in [6.45, 7) is 3.53. The van der Waals surface area contributed by atoms with Crippen LogP contribution in [0, 0.1) is 0 Å². The van der Waals surface area contributed by atoms with Crippen LogP contribution in [0.1, 0.15) is 47.2 Å². The van der Waals surface area contributed by atoms with Crippen molar-refractivity contribution in [3.05, 3.63) is 59.8 Å². The van der Waals surface area contributed by atoms with Gasteiger partial charge in [0, 0.05) is 30.3 Å². The molecule has 1 N–H and O–H groups in total. The molecule has 2 aliphatic heterocycles. The summed E-state index contributed by atoms with van der Waals surface area (Å²) in [6, 6.07) is 9.61. The van der Waals surface area contributed by atoms with Crippen LogP contribution in [0.25, 0.3) is 17.2 Å². The molecule has 4 aromatic rings. The Hall–Kier alpha value is -4.12. The van der Waals surface area contributed by atoms with Gasteiger partial charge in [-0.2, -0.15) is 0 Å². The second-order valence-electron chi connectivity index (χ2n) is 8.73. The van der Waals surface area contributed by atoms with Gasteiger partial charge in [0.1, 0.15) is 22.9 Å². The lowest BCUT2D eigenvalue weighted by molar-refractivity contribution is 0.00671. The summed E-state index contributed by atoms with van der Waals surface area (Å²) in [7, 11) is 1.48. The number of amides is 1. The Bertz CT molecular complexity index is 1390. The molecule has 6 heterocycles. The third-order valence-corrected chi connectivity index (χ3v) is 6.42. The normalized spacial score (nSPS) is 17.1. The van der Waals surface area contributed by atoms with Crippen molar-refractivity contribution in [2.24, 2.45) is 0 Å². The van der Waals surface area contributed by atoms with Gasteiger partial charge >= 0.3 is 0 Å². The monoisotopic (exact) mass is 472 g/mol. The number of ether oxygens (including phenoxy) is 2. The minimum atomic E-state index is -0.381. The van der Waals surface area contributed by atoms with Crippen molar-refractivity contribution in [1.29, 1.82) is 0 Å². The van der Waals surface area contributed by atoms with Gasteiger partial charge in [0.2, 0.25) is 5.88 Å². The quantitative estimate of drug-likeness (QED) is 0.455. The van der Waals surface area contributed by atoms with Crippen molar-refractivity contribution in [3.63, 3.8) is 0 Å². The van der Waals surface area contributed by atoms with Crippen LogP contribution >= 0.6 is 0 Å². The summed E-state index contributed by atoms with van der Waals surface area (Å²) < 4.78 is 14.3. The lowest BCUT2D eigenvalue weighted by atomic mass is 10.0. The van der Waals surface area contributed by atoms with E-state index in [1.54, 1.807) is 23.1 Å². The van der Waals surface area contributed by atoms with E-state index in [-0.39, 0.29) is 17.4 Å². The van der Waals surface area contributed by atoms with Gasteiger partial charge in [-0.1, -0.05) is 6.07 Å². The summed E-state index contributed by atoms with van der Waals surface area (Å²) in [5.74, 6) is 2.23. The third kappa shape index (κ3) is 3.83. The third-order valence-electron chi connectivity index (χ3n) is 6.42. The first-order valence-electron chi connectivity index (χ1n) is 11.5. The molecule has 1 fully saturated rings. The summed E-state index contributed by atoms with van der Waals surface area (Å²) >= 11 is 0. The molecular weight excluding hydrogens is 448 g/mol. The average molecular weight is 473 g/mol. The van der Waals surface area contributed by atoms with E-state index >= 15 is 0 Å². The van der Waals surface area contributed by atoms with Gasteiger partial charge in [0.05, 0.1) is 32.2 Å². The SMILES string of the molecule is COc1nn(-c2ccc(C3COC3)nc2)cc1C(=O)Nc1cccc(-c2nnc3n2[C@@H](C)CC3)n1. The van der Waals surface area contributed by atoms with E-state index in [4.69, 9.17) is 9.47 Å². The zero-order chi connectivity index (χ0) is 23.9. The number of methoxy groups -OCH3 is 1. The minimum absolute atomic E-state index is 0.208. The molecule has 0 saturated carbocycles. The van der Waals surface area contributed by atoms with Crippen molar-refractivity contribution in [2.45, 2.75) is 31.7 Å². The highest BCUT2D eigenvalue weighted by Crippen LogP contribution is 2.30. The number of hydrogen-bond donors (Lipinski definition) is 1. The Kier molecular flexibility index (Phi) is 5.25. The highest BCUT2D eigenvalue weighted by Gasteiger charge is 2.26. The lowest BCUT2D eigenvalue weighted by Gasteiger charge is -2.25. The fraction of sp³-hybridized carbons (Fsp3) is 0.333. The molecule has 0 spiro atoms. The molecule has 2 aliphatic rings. The van der Waals surface area contributed by atoms with Crippen LogP contribution in [0.3, 0.4) is 0 Å². The maximum atomic E-state index is 13.1. The van der Waals surface area contributed by atoms with Crippen LogP contribution < -0.4 is 10.1 Å². The maximum Gasteiger partial charge on any atom is 0.263 e. The first-order chi connectivity index (χ1) is 17.1. The predicted molar refractivity (Wildman–Crippen MR) is 126 cm³/mol. The molecule has 178 valence electrons. The Labute approximate surface area is 201 Å². The number of pyridine rings is 2. The fourth-order valence-electron chi connectivity index (χ4n) is 4.39. The van der Waals surface area contributed by atoms with Gasteiger partial charge in [-0.05, 0) is 37.6 Å². The van der Waals surface area contributed by atoms with E-state index in [0.717, 1.165) is 30.0 Å². The first kappa shape index (κ1) is 21.4. The number of nitrogens with one attached hydrogen (secondary N) is 1. The number of anilines is 1. The molecule has 0 aliphatic carbocycles. The van der Waals surface area contributed by atoms with Gasteiger partial charge < -0.3 is 19.4 Å². The Morgan fingerprint density at radius 1 is 1.20 bits per heavy atom. The molecule has 35 heavy (non-hydrogen) atoms. The summed E-state index contributed by atoms with van der Waals surface area (Å²) in [6.07, 6.45) is 5.28. The number of hydrogen-bond acceptors (Lipinski definition) is 8. The largest absolute Gasteiger partial charge is 0.479 e. The number of rotatable bonds is 6. The second kappa shape index (κ2) is 8.58. The van der Waals surface area contributed by atoms with E-state index in [9.17, 15) is 4.79 Å². The van der Waals surface area contributed by atoms with Gasteiger partial charge in [-0.25, -0.2) is 9.67 Å². The van der Waals surface area contributed by atoms with Crippen molar-refractivity contribution >= 4 is 11.7 Å². The molecule has 0 unspecified atom stereocenters. The zero-order valence-electron chi connectivity index (χ0n) is 19.4. The number of carbonyl (C=O) groups is 1. The molecule has 1 amide bonds. The number of aryl methyl sites for hydroxylation is 1. The predicted octanol–water partition coefficient (Wildman–Crippen LogP) is 2.80. The van der Waals surface area contributed by atoms with Gasteiger partial charge in [0.25, 0.3) is 5.91 Å². The van der Waals surface area contributed by atoms with Crippen LogP contribution in [0.15, 0.2) is 42.7 Å². The summed E-state index contributed by atoms with van der Waals surface area (Å²) in [5.41, 5.74) is 2.64. The summed E-state index contributed by atoms with van der Waals surface area (Å²) in [5, 5.41) is 15.9. The highest BCUT2D eigenvalue weighted by molar-refractivity contribution is 6.05. The van der Waals surface area contributed by atoms with Crippen LogP contribution in [0.5, 0.6) is 5.88 Å². The van der Waals surface area contributed by atoms with Crippen molar-refractivity contribution in [2.75, 3.05) is 25.6 Å². The molecule has 4 aromatic heterocycles. The van der Waals surface area contributed by atoms with E-state index in [2.05, 4.69) is 42.1 Å².